The van der Waals surface area contributed by atoms with E-state index in [1.165, 1.54) is 0 Å². The second kappa shape index (κ2) is 9.73. The molecule has 0 saturated heterocycles. The van der Waals surface area contributed by atoms with Crippen LogP contribution in [-0.4, -0.2) is 29.2 Å². The van der Waals surface area contributed by atoms with Crippen LogP contribution in [0.1, 0.15) is 18.4 Å². The Morgan fingerprint density at radius 3 is 2.74 bits per heavy atom. The summed E-state index contributed by atoms with van der Waals surface area (Å²) in [7, 11) is 0. The van der Waals surface area contributed by atoms with E-state index < -0.39 is 0 Å². The van der Waals surface area contributed by atoms with Gasteiger partial charge in [0.25, 0.3) is 0 Å². The van der Waals surface area contributed by atoms with Gasteiger partial charge in [0.2, 0.25) is 11.7 Å². The van der Waals surface area contributed by atoms with E-state index in [1.807, 2.05) is 49.4 Å². The van der Waals surface area contributed by atoms with Crippen LogP contribution in [0.3, 0.4) is 0 Å². The van der Waals surface area contributed by atoms with Gasteiger partial charge in [-0.15, -0.1) is 0 Å². The molecule has 0 spiro atoms. The van der Waals surface area contributed by atoms with Gasteiger partial charge in [-0.05, 0) is 24.6 Å². The van der Waals surface area contributed by atoms with Gasteiger partial charge < -0.3 is 15.2 Å². The smallest absolute Gasteiger partial charge is 0.228 e. The lowest BCUT2D eigenvalue weighted by Crippen LogP contribution is -2.38. The fraction of sp³-hybridized carbons (Fsp3) is 0.250. The Labute approximate surface area is 163 Å². The summed E-state index contributed by atoms with van der Waals surface area (Å²) in [5.74, 6) is 1.87. The molecule has 27 heavy (non-hydrogen) atoms. The standard InChI is InChI=1S/C20H22ClN5O/c1-2-22-20(24-14-15-7-4-3-5-8-15)23-12-11-18-25-19(26-27-18)16-9-6-10-17(21)13-16/h3-10,13H,2,11-12,14H2,1H3,(H2,22,23,24). The SMILES string of the molecule is CCNC(=NCc1ccccc1)NCCc1nc(-c2cccc(Cl)c2)no1. The van der Waals surface area contributed by atoms with Crippen molar-refractivity contribution in [2.75, 3.05) is 13.1 Å². The first-order chi connectivity index (χ1) is 13.2. The number of benzene rings is 2. The molecule has 6 nitrogen and oxygen atoms in total. The van der Waals surface area contributed by atoms with Crippen molar-refractivity contribution in [2.45, 2.75) is 19.9 Å². The van der Waals surface area contributed by atoms with E-state index in [0.29, 0.717) is 36.2 Å². The predicted molar refractivity (Wildman–Crippen MR) is 108 cm³/mol. The lowest BCUT2D eigenvalue weighted by molar-refractivity contribution is 0.378. The molecule has 0 saturated carbocycles. The summed E-state index contributed by atoms with van der Waals surface area (Å²) in [5, 5.41) is 11.2. The number of aromatic nitrogens is 2. The highest BCUT2D eigenvalue weighted by atomic mass is 35.5. The van der Waals surface area contributed by atoms with Crippen LogP contribution >= 0.6 is 11.6 Å². The van der Waals surface area contributed by atoms with E-state index in [0.717, 1.165) is 23.6 Å². The maximum atomic E-state index is 6.01. The second-order valence-electron chi connectivity index (χ2n) is 5.88. The molecule has 0 radical (unpaired) electrons. The van der Waals surface area contributed by atoms with Crippen molar-refractivity contribution in [3.63, 3.8) is 0 Å². The maximum Gasteiger partial charge on any atom is 0.228 e. The molecule has 0 amide bonds. The molecule has 1 heterocycles. The Balaban J connectivity index is 1.54. The predicted octanol–water partition coefficient (Wildman–Crippen LogP) is 3.69. The Bertz CT molecular complexity index is 879. The van der Waals surface area contributed by atoms with Crippen LogP contribution in [-0.2, 0) is 13.0 Å². The number of nitrogens with zero attached hydrogens (tertiary/aromatic N) is 3. The van der Waals surface area contributed by atoms with Gasteiger partial charge >= 0.3 is 0 Å². The molecule has 0 atom stereocenters. The van der Waals surface area contributed by atoms with Crippen molar-refractivity contribution in [3.05, 3.63) is 71.1 Å². The van der Waals surface area contributed by atoms with Crippen molar-refractivity contribution >= 4 is 17.6 Å². The van der Waals surface area contributed by atoms with Crippen LogP contribution in [0.4, 0.5) is 0 Å². The Morgan fingerprint density at radius 2 is 1.96 bits per heavy atom. The molecule has 0 aliphatic heterocycles. The number of nitrogens with one attached hydrogen (secondary N) is 2. The third-order valence-corrected chi connectivity index (χ3v) is 4.02. The van der Waals surface area contributed by atoms with E-state index in [-0.39, 0.29) is 0 Å². The van der Waals surface area contributed by atoms with Crippen LogP contribution in [0.2, 0.25) is 5.02 Å². The summed E-state index contributed by atoms with van der Waals surface area (Å²) in [6.07, 6.45) is 0.601. The zero-order valence-corrected chi connectivity index (χ0v) is 15.9. The van der Waals surface area contributed by atoms with Crippen LogP contribution in [0.15, 0.2) is 64.1 Å². The average molecular weight is 384 g/mol. The number of halogens is 1. The van der Waals surface area contributed by atoms with Gasteiger partial charge in [0.1, 0.15) is 0 Å². The average Bonchev–Trinajstić information content (AvgIpc) is 3.16. The van der Waals surface area contributed by atoms with Crippen LogP contribution in [0.5, 0.6) is 0 Å². The summed E-state index contributed by atoms with van der Waals surface area (Å²) in [5.41, 5.74) is 2.00. The molecule has 0 aliphatic rings. The number of guanidine groups is 1. The Kier molecular flexibility index (Phi) is 6.82. The Hall–Kier alpha value is -2.86. The minimum atomic E-state index is 0.539. The van der Waals surface area contributed by atoms with Gasteiger partial charge in [0.15, 0.2) is 5.96 Å². The maximum absolute atomic E-state index is 6.01. The van der Waals surface area contributed by atoms with Crippen molar-refractivity contribution in [2.24, 2.45) is 4.99 Å². The molecule has 0 bridgehead atoms. The molecule has 0 fully saturated rings. The normalized spacial score (nSPS) is 11.4. The van der Waals surface area contributed by atoms with Gasteiger partial charge in [-0.1, -0.05) is 59.2 Å². The first-order valence-corrected chi connectivity index (χ1v) is 9.27. The molecular formula is C20H22ClN5O. The third-order valence-electron chi connectivity index (χ3n) is 3.79. The first-order valence-electron chi connectivity index (χ1n) is 8.89. The summed E-state index contributed by atoms with van der Waals surface area (Å²) < 4.78 is 5.33. The molecule has 7 heteroatoms. The topological polar surface area (TPSA) is 75.3 Å². The van der Waals surface area contributed by atoms with Crippen LogP contribution in [0, 0.1) is 0 Å². The highest BCUT2D eigenvalue weighted by Crippen LogP contribution is 2.19. The minimum absolute atomic E-state index is 0.539. The van der Waals surface area contributed by atoms with E-state index in [9.17, 15) is 0 Å². The zero-order valence-electron chi connectivity index (χ0n) is 15.2. The number of rotatable bonds is 7. The molecule has 2 N–H and O–H groups in total. The fourth-order valence-electron chi connectivity index (χ4n) is 2.48. The molecular weight excluding hydrogens is 362 g/mol. The number of aliphatic imine (C=N–C) groups is 1. The molecule has 3 rings (SSSR count). The quantitative estimate of drug-likeness (QED) is 0.480. The number of hydrogen-bond donors (Lipinski definition) is 2. The summed E-state index contributed by atoms with van der Waals surface area (Å²) in [4.78, 5) is 9.01. The highest BCUT2D eigenvalue weighted by molar-refractivity contribution is 6.30. The van der Waals surface area contributed by atoms with Crippen molar-refractivity contribution in [1.82, 2.24) is 20.8 Å². The highest BCUT2D eigenvalue weighted by Gasteiger charge is 2.09. The lowest BCUT2D eigenvalue weighted by atomic mass is 10.2. The van der Waals surface area contributed by atoms with Gasteiger partial charge in [-0.2, -0.15) is 4.98 Å². The van der Waals surface area contributed by atoms with Gasteiger partial charge in [-0.25, -0.2) is 4.99 Å². The molecule has 1 aromatic heterocycles. The van der Waals surface area contributed by atoms with Gasteiger partial charge in [-0.3, -0.25) is 0 Å². The monoisotopic (exact) mass is 383 g/mol. The number of hydrogen-bond acceptors (Lipinski definition) is 4. The zero-order chi connectivity index (χ0) is 18.9. The summed E-state index contributed by atoms with van der Waals surface area (Å²) >= 11 is 6.01. The van der Waals surface area contributed by atoms with Gasteiger partial charge in [0, 0.05) is 30.1 Å². The molecule has 0 aliphatic carbocycles. The van der Waals surface area contributed by atoms with E-state index >= 15 is 0 Å². The van der Waals surface area contributed by atoms with Crippen LogP contribution in [0.25, 0.3) is 11.4 Å². The van der Waals surface area contributed by atoms with Crippen LogP contribution < -0.4 is 10.6 Å². The molecule has 2 aromatic carbocycles. The third kappa shape index (κ3) is 5.82. The van der Waals surface area contributed by atoms with E-state index in [2.05, 4.69) is 37.9 Å². The fourth-order valence-corrected chi connectivity index (χ4v) is 2.67. The van der Waals surface area contributed by atoms with E-state index in [4.69, 9.17) is 16.1 Å². The molecule has 140 valence electrons. The minimum Gasteiger partial charge on any atom is -0.357 e. The second-order valence-corrected chi connectivity index (χ2v) is 6.32. The molecule has 3 aromatic rings. The van der Waals surface area contributed by atoms with Crippen molar-refractivity contribution in [1.29, 1.82) is 0 Å². The summed E-state index contributed by atoms with van der Waals surface area (Å²) in [6.45, 7) is 4.09. The first kappa shape index (κ1) is 18.9. The Morgan fingerprint density at radius 1 is 1.11 bits per heavy atom. The van der Waals surface area contributed by atoms with E-state index in [1.54, 1.807) is 0 Å². The summed E-state index contributed by atoms with van der Waals surface area (Å²) in [6, 6.07) is 17.5. The van der Waals surface area contributed by atoms with Crippen molar-refractivity contribution in [3.8, 4) is 11.4 Å². The van der Waals surface area contributed by atoms with Crippen molar-refractivity contribution < 1.29 is 4.52 Å². The largest absolute Gasteiger partial charge is 0.357 e. The lowest BCUT2D eigenvalue weighted by Gasteiger charge is -2.10. The molecule has 0 unspecified atom stereocenters. The van der Waals surface area contributed by atoms with Gasteiger partial charge in [0.05, 0.1) is 6.54 Å².